The Balaban J connectivity index is 3.18. The zero-order chi connectivity index (χ0) is 11.4. The standard InChI is InChI=1S/C11H13NO2S/c1-7(12-3)5-9-6-10(11(13)14-4)15-8(9)2/h5-6,12H,1-2H2,3-4H3/b9-5-. The van der Waals surface area contributed by atoms with E-state index in [1.165, 1.54) is 18.4 Å². The van der Waals surface area contributed by atoms with Crippen LogP contribution in [0.25, 0.3) is 12.7 Å². The quantitative estimate of drug-likeness (QED) is 0.757. The summed E-state index contributed by atoms with van der Waals surface area (Å²) in [4.78, 5) is 11.8. The summed E-state index contributed by atoms with van der Waals surface area (Å²) >= 11 is 1.31. The van der Waals surface area contributed by atoms with Gasteiger partial charge in [-0.05, 0) is 17.4 Å². The predicted molar refractivity (Wildman–Crippen MR) is 63.1 cm³/mol. The zero-order valence-electron chi connectivity index (χ0n) is 8.79. The molecule has 0 radical (unpaired) electrons. The lowest BCUT2D eigenvalue weighted by Crippen LogP contribution is -2.17. The molecule has 0 fully saturated rings. The van der Waals surface area contributed by atoms with Crippen molar-refractivity contribution in [1.82, 2.24) is 5.32 Å². The van der Waals surface area contributed by atoms with Crippen molar-refractivity contribution in [3.63, 3.8) is 0 Å². The van der Waals surface area contributed by atoms with Gasteiger partial charge in [-0.1, -0.05) is 13.2 Å². The van der Waals surface area contributed by atoms with Crippen LogP contribution in [0.5, 0.6) is 0 Å². The zero-order valence-corrected chi connectivity index (χ0v) is 9.61. The fraction of sp³-hybridized carbons (Fsp3) is 0.182. The average molecular weight is 223 g/mol. The summed E-state index contributed by atoms with van der Waals surface area (Å²) in [6.45, 7) is 7.63. The van der Waals surface area contributed by atoms with Gasteiger partial charge in [0.2, 0.25) is 0 Å². The van der Waals surface area contributed by atoms with Gasteiger partial charge in [0.25, 0.3) is 0 Å². The molecule has 0 amide bonds. The van der Waals surface area contributed by atoms with E-state index in [1.807, 2.05) is 6.08 Å². The number of carbonyl (C=O) groups excluding carboxylic acids is 1. The molecule has 15 heavy (non-hydrogen) atoms. The summed E-state index contributed by atoms with van der Waals surface area (Å²) in [6, 6.07) is 1.75. The van der Waals surface area contributed by atoms with Crippen LogP contribution in [0.3, 0.4) is 0 Å². The molecule has 0 aromatic carbocycles. The van der Waals surface area contributed by atoms with E-state index in [2.05, 4.69) is 23.2 Å². The number of ether oxygens (including phenoxy) is 1. The van der Waals surface area contributed by atoms with Crippen molar-refractivity contribution >= 4 is 30.0 Å². The van der Waals surface area contributed by atoms with Gasteiger partial charge in [0.1, 0.15) is 4.88 Å². The maximum absolute atomic E-state index is 11.2. The van der Waals surface area contributed by atoms with E-state index in [4.69, 9.17) is 0 Å². The number of methoxy groups -OCH3 is 1. The Morgan fingerprint density at radius 1 is 1.67 bits per heavy atom. The molecular formula is C11H13NO2S. The van der Waals surface area contributed by atoms with E-state index in [-0.39, 0.29) is 5.97 Å². The summed E-state index contributed by atoms with van der Waals surface area (Å²) in [5.74, 6) is -0.334. The second kappa shape index (κ2) is 4.79. The molecule has 1 N–H and O–H groups in total. The number of hydrogen-bond acceptors (Lipinski definition) is 4. The number of rotatable bonds is 3. The van der Waals surface area contributed by atoms with Crippen molar-refractivity contribution in [2.45, 2.75) is 0 Å². The molecule has 0 bridgehead atoms. The Kier molecular flexibility index (Phi) is 3.68. The fourth-order valence-corrected chi connectivity index (χ4v) is 1.88. The van der Waals surface area contributed by atoms with Crippen LogP contribution in [0.15, 0.2) is 18.3 Å². The van der Waals surface area contributed by atoms with E-state index in [0.29, 0.717) is 4.88 Å². The van der Waals surface area contributed by atoms with Crippen LogP contribution in [-0.4, -0.2) is 20.1 Å². The largest absolute Gasteiger partial charge is 0.465 e. The first kappa shape index (κ1) is 11.5. The minimum Gasteiger partial charge on any atom is -0.465 e. The molecule has 0 unspecified atom stereocenters. The predicted octanol–water partition coefficient (Wildman–Crippen LogP) is 0.459. The lowest BCUT2D eigenvalue weighted by Gasteiger charge is -1.93. The normalized spacial score (nSPS) is 11.2. The first-order valence-corrected chi connectivity index (χ1v) is 5.15. The van der Waals surface area contributed by atoms with Gasteiger partial charge < -0.3 is 10.1 Å². The van der Waals surface area contributed by atoms with Crippen LogP contribution in [0.2, 0.25) is 0 Å². The minimum absolute atomic E-state index is 0.334. The first-order chi connectivity index (χ1) is 7.08. The van der Waals surface area contributed by atoms with Crippen molar-refractivity contribution < 1.29 is 9.53 Å². The molecule has 0 spiro atoms. The number of carbonyl (C=O) groups is 1. The highest BCUT2D eigenvalue weighted by atomic mass is 32.1. The van der Waals surface area contributed by atoms with E-state index in [0.717, 1.165) is 15.4 Å². The van der Waals surface area contributed by atoms with Gasteiger partial charge in [0, 0.05) is 17.3 Å². The molecule has 0 aliphatic carbocycles. The van der Waals surface area contributed by atoms with Crippen LogP contribution in [-0.2, 0) is 4.74 Å². The van der Waals surface area contributed by atoms with Gasteiger partial charge in [-0.3, -0.25) is 0 Å². The highest BCUT2D eigenvalue weighted by molar-refractivity contribution is 7.11. The molecule has 1 aromatic rings. The third-order valence-electron chi connectivity index (χ3n) is 1.88. The van der Waals surface area contributed by atoms with Crippen LogP contribution >= 0.6 is 11.3 Å². The topological polar surface area (TPSA) is 38.3 Å². The molecule has 1 aromatic heterocycles. The third kappa shape index (κ3) is 2.70. The smallest absolute Gasteiger partial charge is 0.348 e. The maximum Gasteiger partial charge on any atom is 0.348 e. The highest BCUT2D eigenvalue weighted by Gasteiger charge is 2.07. The van der Waals surface area contributed by atoms with E-state index in [9.17, 15) is 4.79 Å². The van der Waals surface area contributed by atoms with Crippen LogP contribution in [0.1, 0.15) is 9.67 Å². The number of esters is 1. The van der Waals surface area contributed by atoms with Crippen LogP contribution < -0.4 is 15.1 Å². The number of hydrogen-bond donors (Lipinski definition) is 1. The third-order valence-corrected chi connectivity index (χ3v) is 2.87. The van der Waals surface area contributed by atoms with E-state index in [1.54, 1.807) is 13.1 Å². The highest BCUT2D eigenvalue weighted by Crippen LogP contribution is 2.01. The molecule has 0 aliphatic rings. The van der Waals surface area contributed by atoms with Crippen LogP contribution in [0, 0.1) is 0 Å². The van der Waals surface area contributed by atoms with Gasteiger partial charge >= 0.3 is 5.97 Å². The lowest BCUT2D eigenvalue weighted by atomic mass is 10.3. The molecule has 0 saturated carbocycles. The average Bonchev–Trinajstić information content (AvgIpc) is 2.59. The summed E-state index contributed by atoms with van der Waals surface area (Å²) < 4.78 is 5.45. The van der Waals surface area contributed by atoms with Crippen LogP contribution in [0.4, 0.5) is 0 Å². The minimum atomic E-state index is -0.334. The summed E-state index contributed by atoms with van der Waals surface area (Å²) in [5.41, 5.74) is 0.772. The Morgan fingerprint density at radius 2 is 2.33 bits per heavy atom. The van der Waals surface area contributed by atoms with Gasteiger partial charge in [-0.25, -0.2) is 4.79 Å². The maximum atomic E-state index is 11.2. The molecule has 0 aliphatic heterocycles. The Bertz CT molecular complexity index is 487. The Labute approximate surface area is 92.4 Å². The number of nitrogens with one attached hydrogen (secondary N) is 1. The second-order valence-electron chi connectivity index (χ2n) is 2.90. The number of thiophene rings is 1. The van der Waals surface area contributed by atoms with E-state index >= 15 is 0 Å². The molecule has 3 nitrogen and oxygen atoms in total. The summed E-state index contributed by atoms with van der Waals surface area (Å²) in [6.07, 6.45) is 1.84. The van der Waals surface area contributed by atoms with Gasteiger partial charge in [-0.2, -0.15) is 0 Å². The van der Waals surface area contributed by atoms with Crippen molar-refractivity contribution in [1.29, 1.82) is 0 Å². The first-order valence-electron chi connectivity index (χ1n) is 4.34. The monoisotopic (exact) mass is 223 g/mol. The summed E-state index contributed by atoms with van der Waals surface area (Å²) in [5, 5.41) is 3.79. The van der Waals surface area contributed by atoms with E-state index < -0.39 is 0 Å². The molecule has 1 heterocycles. The molecule has 0 saturated heterocycles. The van der Waals surface area contributed by atoms with Gasteiger partial charge in [-0.15, -0.1) is 11.3 Å². The molecule has 0 atom stereocenters. The Hall–Kier alpha value is -1.55. The van der Waals surface area contributed by atoms with Gasteiger partial charge in [0.15, 0.2) is 0 Å². The van der Waals surface area contributed by atoms with Crippen molar-refractivity contribution in [2.24, 2.45) is 0 Å². The lowest BCUT2D eigenvalue weighted by molar-refractivity contribution is 0.0606. The second-order valence-corrected chi connectivity index (χ2v) is 4.04. The van der Waals surface area contributed by atoms with Crippen molar-refractivity contribution in [2.75, 3.05) is 14.2 Å². The van der Waals surface area contributed by atoms with Gasteiger partial charge in [0.05, 0.1) is 7.11 Å². The number of allylic oxidation sites excluding steroid dienone is 1. The fourth-order valence-electron chi connectivity index (χ4n) is 1.03. The Morgan fingerprint density at radius 3 is 2.87 bits per heavy atom. The SMILES string of the molecule is C=C(/C=c1/cc(C(=O)OC)sc1=C)NC. The van der Waals surface area contributed by atoms with Crippen molar-refractivity contribution in [3.05, 3.63) is 33.0 Å². The molecular weight excluding hydrogens is 210 g/mol. The summed E-state index contributed by atoms with van der Waals surface area (Å²) in [7, 11) is 3.15. The molecule has 4 heteroatoms. The van der Waals surface area contributed by atoms with Crippen molar-refractivity contribution in [3.8, 4) is 0 Å². The molecule has 1 rings (SSSR count). The molecule has 80 valence electrons.